The summed E-state index contributed by atoms with van der Waals surface area (Å²) in [6.07, 6.45) is 6.86. The third-order valence-electron chi connectivity index (χ3n) is 8.44. The molecule has 166 valence electrons. The molecule has 0 radical (unpaired) electrons. The summed E-state index contributed by atoms with van der Waals surface area (Å²) in [7, 11) is 0. The van der Waals surface area contributed by atoms with Crippen LogP contribution in [-0.2, 0) is 14.3 Å². The number of ketones is 2. The molecule has 3 fully saturated rings. The van der Waals surface area contributed by atoms with Crippen molar-refractivity contribution in [3.8, 4) is 0 Å². The van der Waals surface area contributed by atoms with Crippen molar-refractivity contribution in [2.24, 2.45) is 34.5 Å². The maximum Gasteiger partial charge on any atom is 0.178 e. The first kappa shape index (κ1) is 21.9. The average Bonchev–Trinajstić information content (AvgIpc) is 2.91. The van der Waals surface area contributed by atoms with E-state index in [0.717, 1.165) is 18.4 Å². The molecule has 0 aromatic heterocycles. The third-order valence-corrected chi connectivity index (χ3v) is 8.44. The van der Waals surface area contributed by atoms with E-state index in [1.165, 1.54) is 0 Å². The van der Waals surface area contributed by atoms with Crippen LogP contribution in [-0.4, -0.2) is 51.5 Å². The highest BCUT2D eigenvalue weighted by Crippen LogP contribution is 2.66. The first-order valence-corrected chi connectivity index (χ1v) is 11.1. The standard InChI is InChI=1S/C24H34O6/c1-22(2,29)30-19-10-16-15-6-5-13-9-14(26)7-8-23(13,3)20(15)17(27)11-24(16,4)21(19)18(28)12-25/h7-9,15-17,19-21,25,27,29H,5-6,10-12H2,1-4H3/t15-,16-,17-,19+,20?,21-,23-,24-/m0/s1. The van der Waals surface area contributed by atoms with Crippen LogP contribution in [0.1, 0.15) is 53.4 Å². The van der Waals surface area contributed by atoms with Gasteiger partial charge in [-0.25, -0.2) is 0 Å². The fraction of sp³-hybridized carbons (Fsp3) is 0.750. The minimum atomic E-state index is -1.39. The summed E-state index contributed by atoms with van der Waals surface area (Å²) >= 11 is 0. The summed E-state index contributed by atoms with van der Waals surface area (Å²) in [5.74, 6) is -1.98. The molecule has 0 saturated heterocycles. The van der Waals surface area contributed by atoms with Crippen LogP contribution >= 0.6 is 0 Å². The van der Waals surface area contributed by atoms with Crippen LogP contribution in [0.5, 0.6) is 0 Å². The molecule has 0 aromatic carbocycles. The van der Waals surface area contributed by atoms with Crippen molar-refractivity contribution < 1.29 is 29.6 Å². The molecule has 0 aromatic rings. The highest BCUT2D eigenvalue weighted by Gasteiger charge is 2.65. The van der Waals surface area contributed by atoms with Crippen LogP contribution in [0.2, 0.25) is 0 Å². The van der Waals surface area contributed by atoms with Crippen LogP contribution in [0.3, 0.4) is 0 Å². The van der Waals surface area contributed by atoms with Gasteiger partial charge in [0, 0.05) is 11.3 Å². The molecule has 0 heterocycles. The van der Waals surface area contributed by atoms with Gasteiger partial charge in [0.05, 0.1) is 18.1 Å². The van der Waals surface area contributed by atoms with E-state index < -0.39 is 35.9 Å². The monoisotopic (exact) mass is 418 g/mol. The smallest absolute Gasteiger partial charge is 0.178 e. The lowest BCUT2D eigenvalue weighted by Crippen LogP contribution is -2.56. The Kier molecular flexibility index (Phi) is 5.17. The zero-order chi connectivity index (χ0) is 22.1. The van der Waals surface area contributed by atoms with E-state index >= 15 is 0 Å². The van der Waals surface area contributed by atoms with Gasteiger partial charge in [0.2, 0.25) is 0 Å². The summed E-state index contributed by atoms with van der Waals surface area (Å²) < 4.78 is 5.92. The van der Waals surface area contributed by atoms with E-state index in [2.05, 4.69) is 6.92 Å². The molecule has 0 aliphatic heterocycles. The lowest BCUT2D eigenvalue weighted by molar-refractivity contribution is -0.215. The van der Waals surface area contributed by atoms with Gasteiger partial charge in [0.25, 0.3) is 0 Å². The summed E-state index contributed by atoms with van der Waals surface area (Å²) in [5, 5.41) is 31.3. The third kappa shape index (κ3) is 3.24. The van der Waals surface area contributed by atoms with E-state index in [1.54, 1.807) is 26.0 Å². The molecule has 0 amide bonds. The predicted octanol–water partition coefficient (Wildman–Crippen LogP) is 2.17. The number of aliphatic hydroxyl groups excluding tert-OH is 2. The summed E-state index contributed by atoms with van der Waals surface area (Å²) in [4.78, 5) is 24.7. The number of hydrogen-bond donors (Lipinski definition) is 3. The van der Waals surface area contributed by atoms with E-state index in [0.29, 0.717) is 12.8 Å². The topological polar surface area (TPSA) is 104 Å². The normalized spacial score (nSPS) is 45.4. The highest BCUT2D eigenvalue weighted by atomic mass is 16.6. The van der Waals surface area contributed by atoms with Crippen molar-refractivity contribution in [1.29, 1.82) is 0 Å². The van der Waals surface area contributed by atoms with Crippen molar-refractivity contribution >= 4 is 11.6 Å². The largest absolute Gasteiger partial charge is 0.393 e. The molecule has 4 aliphatic carbocycles. The Morgan fingerprint density at radius 3 is 2.67 bits per heavy atom. The van der Waals surface area contributed by atoms with Crippen LogP contribution in [0.15, 0.2) is 23.8 Å². The lowest BCUT2D eigenvalue weighted by atomic mass is 9.46. The quantitative estimate of drug-likeness (QED) is 0.605. The molecule has 1 unspecified atom stereocenters. The van der Waals surface area contributed by atoms with Crippen LogP contribution in [0.4, 0.5) is 0 Å². The highest BCUT2D eigenvalue weighted by molar-refractivity contribution is 6.01. The first-order chi connectivity index (χ1) is 13.9. The van der Waals surface area contributed by atoms with E-state index in [-0.39, 0.29) is 34.7 Å². The molecule has 0 spiro atoms. The Hall–Kier alpha value is -1.34. The minimum Gasteiger partial charge on any atom is -0.393 e. The van der Waals surface area contributed by atoms with Crippen molar-refractivity contribution in [3.05, 3.63) is 23.8 Å². The summed E-state index contributed by atoms with van der Waals surface area (Å²) in [6, 6.07) is 0. The Bertz CT molecular complexity index is 807. The molecule has 3 N–H and O–H groups in total. The van der Waals surface area contributed by atoms with Gasteiger partial charge < -0.3 is 20.1 Å². The van der Waals surface area contributed by atoms with E-state index in [1.807, 2.05) is 13.0 Å². The van der Waals surface area contributed by atoms with Crippen LogP contribution < -0.4 is 0 Å². The summed E-state index contributed by atoms with van der Waals surface area (Å²) in [6.45, 7) is 6.69. The Morgan fingerprint density at radius 2 is 2.03 bits per heavy atom. The second kappa shape index (κ2) is 7.09. The number of ether oxygens (including phenoxy) is 1. The summed E-state index contributed by atoms with van der Waals surface area (Å²) in [5.41, 5.74) is 0.204. The second-order valence-corrected chi connectivity index (χ2v) is 10.7. The van der Waals surface area contributed by atoms with Gasteiger partial charge in [-0.05, 0) is 68.9 Å². The van der Waals surface area contributed by atoms with E-state index in [9.17, 15) is 24.9 Å². The Labute approximate surface area is 178 Å². The predicted molar refractivity (Wildman–Crippen MR) is 110 cm³/mol. The van der Waals surface area contributed by atoms with Gasteiger partial charge in [0.1, 0.15) is 6.61 Å². The average molecular weight is 419 g/mol. The molecule has 4 aliphatic rings. The van der Waals surface area contributed by atoms with Crippen molar-refractivity contribution in [1.82, 2.24) is 0 Å². The van der Waals surface area contributed by atoms with Crippen molar-refractivity contribution in [2.75, 3.05) is 6.61 Å². The number of hydrogen-bond acceptors (Lipinski definition) is 6. The second-order valence-electron chi connectivity index (χ2n) is 10.7. The number of Topliss-reactive ketones (excluding diaryl/α,β-unsaturated/α-hetero) is 1. The van der Waals surface area contributed by atoms with Crippen molar-refractivity contribution in [3.63, 3.8) is 0 Å². The molecule has 30 heavy (non-hydrogen) atoms. The molecule has 3 saturated carbocycles. The minimum absolute atomic E-state index is 0.00387. The number of allylic oxidation sites excluding steroid dienone is 4. The number of carbonyl (C=O) groups is 2. The molecule has 6 heteroatoms. The van der Waals surface area contributed by atoms with Gasteiger partial charge in [0.15, 0.2) is 17.4 Å². The fourth-order valence-electron chi connectivity index (χ4n) is 7.48. The number of fused-ring (bicyclic) bond motifs is 5. The van der Waals surface area contributed by atoms with Gasteiger partial charge in [-0.2, -0.15) is 0 Å². The molecule has 4 rings (SSSR count). The Morgan fingerprint density at radius 1 is 1.33 bits per heavy atom. The number of rotatable bonds is 4. The van der Waals surface area contributed by atoms with Crippen LogP contribution in [0, 0.1) is 34.5 Å². The zero-order valence-electron chi connectivity index (χ0n) is 18.3. The van der Waals surface area contributed by atoms with E-state index in [4.69, 9.17) is 4.74 Å². The molecular weight excluding hydrogens is 384 g/mol. The lowest BCUT2D eigenvalue weighted by Gasteiger charge is -2.58. The number of aliphatic hydroxyl groups is 3. The Balaban J connectivity index is 1.73. The van der Waals surface area contributed by atoms with Gasteiger partial charge >= 0.3 is 0 Å². The van der Waals surface area contributed by atoms with Gasteiger partial charge in [-0.1, -0.05) is 25.5 Å². The molecule has 8 atom stereocenters. The molecular formula is C24H34O6. The molecule has 0 bridgehead atoms. The maximum absolute atomic E-state index is 12.8. The first-order valence-electron chi connectivity index (χ1n) is 11.1. The fourth-order valence-corrected chi connectivity index (χ4v) is 7.48. The SMILES string of the molecule is CC(C)(O)O[C@@H]1C[C@H]2[C@@H]3CCC4=CC(=O)C=C[C@]4(C)C3[C@@H](O)C[C@]2(C)[C@H]1C(=O)CO. The van der Waals surface area contributed by atoms with Gasteiger partial charge in [-0.3, -0.25) is 9.59 Å². The zero-order valence-corrected chi connectivity index (χ0v) is 18.3. The molecule has 6 nitrogen and oxygen atoms in total. The van der Waals surface area contributed by atoms with Crippen molar-refractivity contribution in [2.45, 2.75) is 71.4 Å². The number of carbonyl (C=O) groups excluding carboxylic acids is 2. The van der Waals surface area contributed by atoms with Crippen LogP contribution in [0.25, 0.3) is 0 Å². The maximum atomic E-state index is 12.8. The van der Waals surface area contributed by atoms with Gasteiger partial charge in [-0.15, -0.1) is 0 Å².